The molecule has 1 aliphatic rings. The number of hydrogen-bond donors (Lipinski definition) is 2. The highest BCUT2D eigenvalue weighted by Crippen LogP contribution is 2.41. The lowest BCUT2D eigenvalue weighted by molar-refractivity contribution is 0.315. The van der Waals surface area contributed by atoms with Crippen LogP contribution in [0.5, 0.6) is 0 Å². The van der Waals surface area contributed by atoms with Crippen LogP contribution in [0.1, 0.15) is 46.7 Å². The molecule has 2 N–H and O–H groups in total. The molecule has 184 valence electrons. The summed E-state index contributed by atoms with van der Waals surface area (Å²) in [5, 5.41) is 7.87. The molecule has 1 saturated heterocycles. The van der Waals surface area contributed by atoms with Crippen molar-refractivity contribution in [3.63, 3.8) is 0 Å². The number of nitrogens with zero attached hydrogens (tertiary/aromatic N) is 4. The van der Waals surface area contributed by atoms with Crippen molar-refractivity contribution in [2.75, 3.05) is 18.4 Å². The first-order valence-electron chi connectivity index (χ1n) is 12.4. The van der Waals surface area contributed by atoms with Gasteiger partial charge in [-0.05, 0) is 93.0 Å². The number of nitrogens with one attached hydrogen (secondary N) is 2. The quantitative estimate of drug-likeness (QED) is 0.242. The van der Waals surface area contributed by atoms with Gasteiger partial charge in [-0.2, -0.15) is 0 Å². The Morgan fingerprint density at radius 2 is 1.75 bits per heavy atom. The van der Waals surface area contributed by atoms with E-state index >= 15 is 0 Å². The Hall–Kier alpha value is -3.71. The van der Waals surface area contributed by atoms with Crippen LogP contribution in [-0.4, -0.2) is 37.6 Å². The van der Waals surface area contributed by atoms with Crippen molar-refractivity contribution < 1.29 is 0 Å². The zero-order valence-electron chi connectivity index (χ0n) is 21.0. The summed E-state index contributed by atoms with van der Waals surface area (Å²) in [6.45, 7) is 8.13. The van der Waals surface area contributed by atoms with Crippen LogP contribution in [0.3, 0.4) is 0 Å². The highest BCUT2D eigenvalue weighted by Gasteiger charge is 2.41. The average molecular weight is 497 g/mol. The predicted molar refractivity (Wildman–Crippen MR) is 149 cm³/mol. The zero-order chi connectivity index (χ0) is 25.1. The highest BCUT2D eigenvalue weighted by atomic mass is 32.1. The number of aryl methyl sites for hydroxylation is 2. The van der Waals surface area contributed by atoms with Crippen LogP contribution >= 0.6 is 12.2 Å². The van der Waals surface area contributed by atoms with Crippen molar-refractivity contribution in [1.29, 1.82) is 0 Å². The van der Waals surface area contributed by atoms with Gasteiger partial charge >= 0.3 is 0 Å². The lowest BCUT2D eigenvalue weighted by Crippen LogP contribution is -2.31. The minimum atomic E-state index is -0.0276. The Morgan fingerprint density at radius 3 is 2.50 bits per heavy atom. The van der Waals surface area contributed by atoms with Crippen LogP contribution in [0.4, 0.5) is 5.69 Å². The van der Waals surface area contributed by atoms with Gasteiger partial charge < -0.3 is 20.1 Å². The van der Waals surface area contributed by atoms with E-state index in [1.165, 1.54) is 16.8 Å². The van der Waals surface area contributed by atoms with E-state index in [9.17, 15) is 0 Å². The molecule has 0 unspecified atom stereocenters. The van der Waals surface area contributed by atoms with Crippen molar-refractivity contribution in [2.45, 2.75) is 39.3 Å². The van der Waals surface area contributed by atoms with Crippen LogP contribution in [-0.2, 0) is 0 Å². The summed E-state index contributed by atoms with van der Waals surface area (Å²) in [6, 6.07) is 22.8. The second kappa shape index (κ2) is 10.5. The number of pyridine rings is 2. The summed E-state index contributed by atoms with van der Waals surface area (Å²) in [5.41, 5.74) is 6.90. The SMILES string of the molecule is Cc1ccnc(-n2c(C)cc([C@@H]3[C@H](c4ccccn4)NC(=S)N3CCCNc3ccccc3)c2C)c1. The number of anilines is 1. The van der Waals surface area contributed by atoms with Gasteiger partial charge in [-0.1, -0.05) is 24.3 Å². The number of thiocarbonyl (C=S) groups is 1. The molecular formula is C29H32N6S. The maximum Gasteiger partial charge on any atom is 0.170 e. The molecule has 1 aliphatic heterocycles. The van der Waals surface area contributed by atoms with Gasteiger partial charge in [0.1, 0.15) is 5.82 Å². The third-order valence-electron chi connectivity index (χ3n) is 6.80. The standard InChI is InChI=1S/C29H32N6S/c1-20-13-16-32-26(18-20)35-21(2)19-24(22(35)3)28-27(25-12-7-8-14-31-25)33-29(36)34(28)17-9-15-30-23-10-5-4-6-11-23/h4-8,10-14,16,18-19,27-28,30H,9,15,17H2,1-3H3,(H,33,36)/t27-,28+/m0/s1. The van der Waals surface area contributed by atoms with Crippen molar-refractivity contribution in [1.82, 2.24) is 24.8 Å². The van der Waals surface area contributed by atoms with Crippen molar-refractivity contribution in [3.05, 3.63) is 107 Å². The summed E-state index contributed by atoms with van der Waals surface area (Å²) in [7, 11) is 0. The maximum atomic E-state index is 5.88. The fraction of sp³-hybridized carbons (Fsp3) is 0.276. The van der Waals surface area contributed by atoms with E-state index in [4.69, 9.17) is 12.2 Å². The second-order valence-corrected chi connectivity index (χ2v) is 9.71. The molecule has 4 aromatic rings. The van der Waals surface area contributed by atoms with Crippen molar-refractivity contribution in [3.8, 4) is 5.82 Å². The molecule has 5 rings (SSSR count). The van der Waals surface area contributed by atoms with Gasteiger partial charge in [0.2, 0.25) is 0 Å². The molecule has 6 nitrogen and oxygen atoms in total. The Balaban J connectivity index is 1.46. The molecule has 0 spiro atoms. The fourth-order valence-corrected chi connectivity index (χ4v) is 5.44. The number of hydrogen-bond acceptors (Lipinski definition) is 4. The molecular weight excluding hydrogens is 464 g/mol. The first kappa shape index (κ1) is 24.0. The number of rotatable bonds is 8. The third kappa shape index (κ3) is 4.84. The zero-order valence-corrected chi connectivity index (χ0v) is 21.8. The summed E-state index contributed by atoms with van der Waals surface area (Å²) in [5.74, 6) is 0.942. The molecule has 0 saturated carbocycles. The molecule has 1 fully saturated rings. The molecule has 7 heteroatoms. The minimum absolute atomic E-state index is 0.0276. The lowest BCUT2D eigenvalue weighted by atomic mass is 9.96. The Morgan fingerprint density at radius 1 is 0.944 bits per heavy atom. The molecule has 36 heavy (non-hydrogen) atoms. The van der Waals surface area contributed by atoms with Crippen molar-refractivity contribution in [2.24, 2.45) is 0 Å². The van der Waals surface area contributed by atoms with Gasteiger partial charge in [0, 0.05) is 42.6 Å². The Kier molecular flexibility index (Phi) is 7.00. The molecule has 0 aliphatic carbocycles. The van der Waals surface area contributed by atoms with E-state index in [2.05, 4.69) is 81.2 Å². The monoisotopic (exact) mass is 496 g/mol. The highest BCUT2D eigenvalue weighted by molar-refractivity contribution is 7.80. The van der Waals surface area contributed by atoms with Crippen LogP contribution in [0.25, 0.3) is 5.82 Å². The summed E-state index contributed by atoms with van der Waals surface area (Å²) >= 11 is 5.88. The van der Waals surface area contributed by atoms with Gasteiger partial charge in [-0.15, -0.1) is 0 Å². The predicted octanol–water partition coefficient (Wildman–Crippen LogP) is 5.67. The summed E-state index contributed by atoms with van der Waals surface area (Å²) < 4.78 is 2.24. The topological polar surface area (TPSA) is 58.0 Å². The minimum Gasteiger partial charge on any atom is -0.385 e. The second-order valence-electron chi connectivity index (χ2n) is 9.32. The summed E-state index contributed by atoms with van der Waals surface area (Å²) in [6.07, 6.45) is 4.68. The molecule has 0 amide bonds. The van der Waals surface area contributed by atoms with Crippen LogP contribution in [0.15, 0.2) is 79.1 Å². The molecule has 3 aromatic heterocycles. The number of aromatic nitrogens is 3. The van der Waals surface area contributed by atoms with E-state index in [-0.39, 0.29) is 12.1 Å². The van der Waals surface area contributed by atoms with Gasteiger partial charge in [0.05, 0.1) is 17.8 Å². The lowest BCUT2D eigenvalue weighted by Gasteiger charge is -2.28. The normalized spacial score (nSPS) is 17.3. The molecule has 0 radical (unpaired) electrons. The molecule has 2 atom stereocenters. The van der Waals surface area contributed by atoms with Gasteiger partial charge in [0.25, 0.3) is 0 Å². The maximum absolute atomic E-state index is 5.88. The first-order valence-corrected chi connectivity index (χ1v) is 12.8. The Bertz CT molecular complexity index is 1330. The van der Waals surface area contributed by atoms with Crippen LogP contribution < -0.4 is 10.6 Å². The van der Waals surface area contributed by atoms with Gasteiger partial charge in [-0.25, -0.2) is 4.98 Å². The number of benzene rings is 1. The van der Waals surface area contributed by atoms with E-state index in [1.807, 2.05) is 48.8 Å². The Labute approximate surface area is 218 Å². The fourth-order valence-electron chi connectivity index (χ4n) is 5.11. The van der Waals surface area contributed by atoms with E-state index in [1.54, 1.807) is 0 Å². The van der Waals surface area contributed by atoms with E-state index in [0.29, 0.717) is 0 Å². The van der Waals surface area contributed by atoms with Crippen molar-refractivity contribution >= 4 is 23.0 Å². The molecule has 4 heterocycles. The van der Waals surface area contributed by atoms with E-state index < -0.39 is 0 Å². The summed E-state index contributed by atoms with van der Waals surface area (Å²) in [4.78, 5) is 11.7. The van der Waals surface area contributed by atoms with E-state index in [0.717, 1.165) is 47.5 Å². The van der Waals surface area contributed by atoms with Crippen LogP contribution in [0, 0.1) is 20.8 Å². The van der Waals surface area contributed by atoms with Gasteiger partial charge in [-0.3, -0.25) is 4.98 Å². The first-order chi connectivity index (χ1) is 17.5. The molecule has 1 aromatic carbocycles. The van der Waals surface area contributed by atoms with Crippen LogP contribution in [0.2, 0.25) is 0 Å². The molecule has 0 bridgehead atoms. The number of para-hydroxylation sites is 1. The smallest absolute Gasteiger partial charge is 0.170 e. The van der Waals surface area contributed by atoms with Gasteiger partial charge in [0.15, 0.2) is 5.11 Å². The third-order valence-corrected chi connectivity index (χ3v) is 7.15. The average Bonchev–Trinajstić information content (AvgIpc) is 3.37. The largest absolute Gasteiger partial charge is 0.385 e.